The van der Waals surface area contributed by atoms with Gasteiger partial charge in [-0.05, 0) is 43.7 Å². The minimum absolute atomic E-state index is 0.0741. The molecule has 0 aliphatic carbocycles. The van der Waals surface area contributed by atoms with Gasteiger partial charge in [-0.2, -0.15) is 0 Å². The number of aromatic carboxylic acids is 1. The fraction of sp³-hybridized carbons (Fsp3) is 0.143. The van der Waals surface area contributed by atoms with Gasteiger partial charge in [0.2, 0.25) is 5.88 Å². The molecule has 0 unspecified atom stereocenters. The number of aromatic nitrogens is 1. The van der Waals surface area contributed by atoms with E-state index < -0.39 is 11.8 Å². The summed E-state index contributed by atoms with van der Waals surface area (Å²) in [5, 5.41) is 9.22. The van der Waals surface area contributed by atoms with Crippen LogP contribution in [0.2, 0.25) is 0 Å². The van der Waals surface area contributed by atoms with E-state index in [2.05, 4.69) is 20.9 Å². The molecule has 0 radical (unpaired) electrons. The van der Waals surface area contributed by atoms with Crippen LogP contribution in [0, 0.1) is 19.7 Å². The summed E-state index contributed by atoms with van der Waals surface area (Å²) >= 11 is 3.20. The first-order valence-corrected chi connectivity index (χ1v) is 6.52. The average Bonchev–Trinajstić information content (AvgIpc) is 2.32. The number of carboxylic acids is 1. The van der Waals surface area contributed by atoms with Crippen LogP contribution >= 0.6 is 15.9 Å². The quantitative estimate of drug-likeness (QED) is 0.914. The largest absolute Gasteiger partial charge is 0.477 e. The molecule has 20 heavy (non-hydrogen) atoms. The van der Waals surface area contributed by atoms with Gasteiger partial charge in [-0.25, -0.2) is 14.2 Å². The first-order valence-electron chi connectivity index (χ1n) is 5.73. The lowest BCUT2D eigenvalue weighted by Crippen LogP contribution is -2.06. The molecule has 0 amide bonds. The molecule has 0 fully saturated rings. The number of hydrogen-bond acceptors (Lipinski definition) is 3. The summed E-state index contributed by atoms with van der Waals surface area (Å²) in [6, 6.07) is 5.80. The lowest BCUT2D eigenvalue weighted by molar-refractivity contribution is 0.0692. The monoisotopic (exact) mass is 339 g/mol. The van der Waals surface area contributed by atoms with E-state index in [9.17, 15) is 14.3 Å². The number of carbonyl (C=O) groups is 1. The summed E-state index contributed by atoms with van der Waals surface area (Å²) in [6.45, 7) is 3.35. The van der Waals surface area contributed by atoms with Crippen LogP contribution in [0.15, 0.2) is 28.7 Å². The van der Waals surface area contributed by atoms with E-state index in [0.29, 0.717) is 15.7 Å². The summed E-state index contributed by atoms with van der Waals surface area (Å²) in [4.78, 5) is 15.3. The van der Waals surface area contributed by atoms with Crippen molar-refractivity contribution in [3.8, 4) is 11.6 Å². The van der Waals surface area contributed by atoms with Gasteiger partial charge in [0.05, 0.1) is 0 Å². The van der Waals surface area contributed by atoms with Gasteiger partial charge in [-0.15, -0.1) is 0 Å². The predicted molar refractivity (Wildman–Crippen MR) is 74.8 cm³/mol. The van der Waals surface area contributed by atoms with Crippen molar-refractivity contribution in [1.82, 2.24) is 4.98 Å². The highest BCUT2D eigenvalue weighted by Crippen LogP contribution is 2.30. The second kappa shape index (κ2) is 5.58. The molecule has 1 heterocycles. The Morgan fingerprint density at radius 3 is 2.70 bits per heavy atom. The number of ether oxygens (including phenoxy) is 1. The van der Waals surface area contributed by atoms with Gasteiger partial charge in [-0.1, -0.05) is 15.9 Å². The highest BCUT2D eigenvalue weighted by molar-refractivity contribution is 9.10. The second-order valence-electron chi connectivity index (χ2n) is 4.24. The Kier molecular flexibility index (Phi) is 4.04. The molecule has 0 saturated carbocycles. The van der Waals surface area contributed by atoms with Crippen LogP contribution in [0.25, 0.3) is 0 Å². The standard InChI is InChI=1S/C14H11BrFNO3/c1-7-5-8(2)17-13(12(7)14(18)19)20-11-6-9(15)3-4-10(11)16/h3-6H,1-2H3,(H,18,19). The molecule has 1 aromatic heterocycles. The van der Waals surface area contributed by atoms with Gasteiger partial charge < -0.3 is 9.84 Å². The molecule has 0 aliphatic heterocycles. The number of carboxylic acid groups (broad SMARTS) is 1. The summed E-state index contributed by atoms with van der Waals surface area (Å²) in [6.07, 6.45) is 0. The van der Waals surface area contributed by atoms with E-state index in [-0.39, 0.29) is 17.2 Å². The van der Waals surface area contributed by atoms with Crippen molar-refractivity contribution in [3.05, 3.63) is 51.4 Å². The lowest BCUT2D eigenvalue weighted by Gasteiger charge is -2.11. The first kappa shape index (κ1) is 14.5. The molecule has 0 aliphatic rings. The van der Waals surface area contributed by atoms with Gasteiger partial charge in [-0.3, -0.25) is 0 Å². The Balaban J connectivity index is 2.53. The Bertz CT molecular complexity index is 688. The highest BCUT2D eigenvalue weighted by atomic mass is 79.9. The Morgan fingerprint density at radius 2 is 2.05 bits per heavy atom. The maximum absolute atomic E-state index is 13.7. The van der Waals surface area contributed by atoms with Crippen molar-refractivity contribution < 1.29 is 19.0 Å². The fourth-order valence-electron chi connectivity index (χ4n) is 1.80. The lowest BCUT2D eigenvalue weighted by atomic mass is 10.1. The molecular formula is C14H11BrFNO3. The zero-order chi connectivity index (χ0) is 14.9. The van der Waals surface area contributed by atoms with Crippen molar-refractivity contribution in [1.29, 1.82) is 0 Å². The van der Waals surface area contributed by atoms with E-state index in [4.69, 9.17) is 4.74 Å². The van der Waals surface area contributed by atoms with E-state index in [1.54, 1.807) is 19.9 Å². The van der Waals surface area contributed by atoms with E-state index in [0.717, 1.165) is 0 Å². The van der Waals surface area contributed by atoms with Crippen molar-refractivity contribution in [2.24, 2.45) is 0 Å². The van der Waals surface area contributed by atoms with Crippen molar-refractivity contribution in [2.75, 3.05) is 0 Å². The number of benzene rings is 1. The molecule has 2 rings (SSSR count). The number of pyridine rings is 1. The molecule has 2 aromatic rings. The minimum Gasteiger partial charge on any atom is -0.477 e. The van der Waals surface area contributed by atoms with Crippen LogP contribution in [0.1, 0.15) is 21.6 Å². The van der Waals surface area contributed by atoms with E-state index >= 15 is 0 Å². The average molecular weight is 340 g/mol. The number of hydrogen-bond donors (Lipinski definition) is 1. The van der Waals surface area contributed by atoms with Crippen molar-refractivity contribution in [3.63, 3.8) is 0 Å². The highest BCUT2D eigenvalue weighted by Gasteiger charge is 2.19. The molecule has 0 spiro atoms. The van der Waals surface area contributed by atoms with Crippen molar-refractivity contribution >= 4 is 21.9 Å². The molecule has 0 bridgehead atoms. The normalized spacial score (nSPS) is 10.4. The maximum atomic E-state index is 13.7. The van der Waals surface area contributed by atoms with Crippen LogP contribution < -0.4 is 4.74 Å². The Hall–Kier alpha value is -1.95. The summed E-state index contributed by atoms with van der Waals surface area (Å²) in [5.74, 6) is -1.96. The zero-order valence-electron chi connectivity index (χ0n) is 10.8. The van der Waals surface area contributed by atoms with Gasteiger partial charge in [0.25, 0.3) is 0 Å². The van der Waals surface area contributed by atoms with E-state index in [1.165, 1.54) is 18.2 Å². The van der Waals surface area contributed by atoms with Gasteiger partial charge >= 0.3 is 5.97 Å². The number of rotatable bonds is 3. The SMILES string of the molecule is Cc1cc(C)c(C(=O)O)c(Oc2cc(Br)ccc2F)n1. The molecule has 1 aromatic carbocycles. The van der Waals surface area contributed by atoms with Crippen LogP contribution in [0.3, 0.4) is 0 Å². The minimum atomic E-state index is -1.17. The van der Waals surface area contributed by atoms with Gasteiger partial charge in [0.15, 0.2) is 11.6 Å². The first-order chi connectivity index (χ1) is 9.38. The Morgan fingerprint density at radius 1 is 1.35 bits per heavy atom. The van der Waals surface area contributed by atoms with Crippen LogP contribution in [-0.2, 0) is 0 Å². The third kappa shape index (κ3) is 2.96. The second-order valence-corrected chi connectivity index (χ2v) is 5.16. The van der Waals surface area contributed by atoms with Gasteiger partial charge in [0, 0.05) is 10.2 Å². The molecule has 104 valence electrons. The molecule has 4 nitrogen and oxygen atoms in total. The van der Waals surface area contributed by atoms with Crippen LogP contribution in [-0.4, -0.2) is 16.1 Å². The third-order valence-corrected chi connectivity index (χ3v) is 3.12. The molecule has 0 atom stereocenters. The fourth-order valence-corrected chi connectivity index (χ4v) is 2.14. The number of halogens is 2. The summed E-state index contributed by atoms with van der Waals surface area (Å²) in [5.41, 5.74) is 1.03. The van der Waals surface area contributed by atoms with E-state index in [1.807, 2.05) is 0 Å². The molecule has 6 heteroatoms. The summed E-state index contributed by atoms with van der Waals surface area (Å²) < 4.78 is 19.6. The van der Waals surface area contributed by atoms with Crippen LogP contribution in [0.4, 0.5) is 4.39 Å². The van der Waals surface area contributed by atoms with Crippen molar-refractivity contribution in [2.45, 2.75) is 13.8 Å². The topological polar surface area (TPSA) is 59.4 Å². The molecular weight excluding hydrogens is 329 g/mol. The maximum Gasteiger partial charge on any atom is 0.341 e. The number of nitrogens with zero attached hydrogens (tertiary/aromatic N) is 1. The smallest absolute Gasteiger partial charge is 0.341 e. The number of aryl methyl sites for hydroxylation is 2. The Labute approximate surface area is 123 Å². The predicted octanol–water partition coefficient (Wildman–Crippen LogP) is 4.09. The molecule has 0 saturated heterocycles. The summed E-state index contributed by atoms with van der Waals surface area (Å²) in [7, 11) is 0. The molecule has 1 N–H and O–H groups in total. The zero-order valence-corrected chi connectivity index (χ0v) is 12.4. The van der Waals surface area contributed by atoms with Crippen LogP contribution in [0.5, 0.6) is 11.6 Å². The third-order valence-electron chi connectivity index (χ3n) is 2.63. The van der Waals surface area contributed by atoms with Gasteiger partial charge in [0.1, 0.15) is 5.56 Å².